The summed E-state index contributed by atoms with van der Waals surface area (Å²) in [5.41, 5.74) is 1.93. The molecule has 130 valence electrons. The van der Waals surface area contributed by atoms with Crippen molar-refractivity contribution in [3.8, 4) is 0 Å². The van der Waals surface area contributed by atoms with Gasteiger partial charge in [0.05, 0.1) is 11.3 Å². The molecule has 0 saturated heterocycles. The van der Waals surface area contributed by atoms with Gasteiger partial charge in [-0.3, -0.25) is 0 Å². The zero-order valence-electron chi connectivity index (χ0n) is 14.1. The van der Waals surface area contributed by atoms with Crippen molar-refractivity contribution < 1.29 is 9.63 Å². The first-order chi connectivity index (χ1) is 12.6. The minimum absolute atomic E-state index is 0.403. The maximum absolute atomic E-state index is 12.0. The quantitative estimate of drug-likeness (QED) is 0.305. The molecule has 0 N–H and O–H groups in total. The highest BCUT2D eigenvalue weighted by Crippen LogP contribution is 2.27. The van der Waals surface area contributed by atoms with E-state index in [9.17, 15) is 4.79 Å². The molecule has 0 aliphatic rings. The van der Waals surface area contributed by atoms with Crippen molar-refractivity contribution in [3.05, 3.63) is 95.0 Å². The topological polar surface area (TPSA) is 38.7 Å². The van der Waals surface area contributed by atoms with Gasteiger partial charge in [-0.25, -0.2) is 4.79 Å². The van der Waals surface area contributed by atoms with Crippen LogP contribution in [-0.4, -0.2) is 11.7 Å². The van der Waals surface area contributed by atoms with Crippen molar-refractivity contribution in [2.24, 2.45) is 5.16 Å². The van der Waals surface area contributed by atoms with E-state index >= 15 is 0 Å². The third-order valence-corrected chi connectivity index (χ3v) is 4.86. The summed E-state index contributed by atoms with van der Waals surface area (Å²) in [5, 5.41) is 4.50. The summed E-state index contributed by atoms with van der Waals surface area (Å²) in [6, 6.07) is 24.6. The number of carbonyl (C=O) groups excluding carboxylic acids is 1. The zero-order chi connectivity index (χ0) is 18.4. The predicted octanol–water partition coefficient (Wildman–Crippen LogP) is 6.07. The summed E-state index contributed by atoms with van der Waals surface area (Å²) in [7, 11) is 0. The molecular formula is C21H16ClNO2S. The highest BCUT2D eigenvalue weighted by molar-refractivity contribution is 7.99. The molecule has 0 unspecified atom stereocenters. The number of carbonyl (C=O) groups is 1. The third-order valence-electron chi connectivity index (χ3n) is 3.60. The number of hydrogen-bond acceptors (Lipinski definition) is 4. The van der Waals surface area contributed by atoms with Crippen molar-refractivity contribution in [2.75, 3.05) is 0 Å². The van der Waals surface area contributed by atoms with Crippen LogP contribution in [0.15, 0.2) is 93.8 Å². The van der Waals surface area contributed by atoms with Gasteiger partial charge in [-0.05, 0) is 61.0 Å². The van der Waals surface area contributed by atoms with Crippen molar-refractivity contribution in [2.45, 2.75) is 16.7 Å². The molecule has 3 aromatic rings. The molecule has 0 saturated carbocycles. The first kappa shape index (κ1) is 18.2. The summed E-state index contributed by atoms with van der Waals surface area (Å²) in [6.07, 6.45) is 0. The molecule has 5 heteroatoms. The molecule has 0 heterocycles. The predicted molar refractivity (Wildman–Crippen MR) is 106 cm³/mol. The summed E-state index contributed by atoms with van der Waals surface area (Å²) >= 11 is 7.49. The molecule has 0 aliphatic heterocycles. The Labute approximate surface area is 161 Å². The number of oxime groups is 1. The Balaban J connectivity index is 1.63. The number of halogens is 1. The van der Waals surface area contributed by atoms with Crippen molar-refractivity contribution >= 4 is 35.0 Å². The molecule has 0 spiro atoms. The number of hydrogen-bond donors (Lipinski definition) is 0. The third kappa shape index (κ3) is 4.97. The van der Waals surface area contributed by atoms with Crippen LogP contribution in [0.4, 0.5) is 0 Å². The minimum atomic E-state index is -0.516. The Morgan fingerprint density at radius 1 is 0.846 bits per heavy atom. The van der Waals surface area contributed by atoms with Crippen molar-refractivity contribution in [1.82, 2.24) is 0 Å². The van der Waals surface area contributed by atoms with Gasteiger partial charge in [0.15, 0.2) is 0 Å². The minimum Gasteiger partial charge on any atom is -0.313 e. The van der Waals surface area contributed by atoms with E-state index in [4.69, 9.17) is 16.4 Å². The van der Waals surface area contributed by atoms with Crippen LogP contribution in [0.5, 0.6) is 0 Å². The van der Waals surface area contributed by atoms with Crippen LogP contribution in [0.25, 0.3) is 0 Å². The van der Waals surface area contributed by atoms with Crippen molar-refractivity contribution in [3.63, 3.8) is 0 Å². The van der Waals surface area contributed by atoms with Crippen LogP contribution in [0, 0.1) is 0 Å². The van der Waals surface area contributed by atoms with Crippen LogP contribution >= 0.6 is 23.4 Å². The Hall–Kier alpha value is -2.56. The smallest absolute Gasteiger partial charge is 0.313 e. The van der Waals surface area contributed by atoms with Crippen LogP contribution in [0.1, 0.15) is 22.8 Å². The number of nitrogens with zero attached hydrogens (tertiary/aromatic N) is 1. The van der Waals surface area contributed by atoms with E-state index < -0.39 is 5.97 Å². The normalized spacial score (nSPS) is 11.2. The molecule has 0 amide bonds. The van der Waals surface area contributed by atoms with Crippen LogP contribution in [0.2, 0.25) is 5.02 Å². The number of rotatable bonds is 5. The first-order valence-electron chi connectivity index (χ1n) is 7.97. The van der Waals surface area contributed by atoms with Gasteiger partial charge >= 0.3 is 5.97 Å². The monoisotopic (exact) mass is 381 g/mol. The standard InChI is InChI=1S/C21H16ClNO2S/c1-15(23-25-21(24)17-7-11-18(22)12-8-17)16-9-13-20(14-10-16)26-19-5-3-2-4-6-19/h2-14H,1H3/b23-15-. The van der Waals surface area contributed by atoms with Crippen LogP contribution in [-0.2, 0) is 4.84 Å². The van der Waals surface area contributed by atoms with Gasteiger partial charge in [0, 0.05) is 14.8 Å². The first-order valence-corrected chi connectivity index (χ1v) is 9.16. The molecule has 0 fully saturated rings. The zero-order valence-corrected chi connectivity index (χ0v) is 15.6. The fourth-order valence-electron chi connectivity index (χ4n) is 2.19. The van der Waals surface area contributed by atoms with Crippen molar-refractivity contribution in [1.29, 1.82) is 0 Å². The lowest BCUT2D eigenvalue weighted by Crippen LogP contribution is -2.03. The van der Waals surface area contributed by atoms with Gasteiger partial charge in [-0.2, -0.15) is 0 Å². The summed E-state index contributed by atoms with van der Waals surface area (Å²) < 4.78 is 0. The van der Waals surface area contributed by atoms with E-state index in [1.54, 1.807) is 43.0 Å². The highest BCUT2D eigenvalue weighted by atomic mass is 35.5. The van der Waals surface area contributed by atoms with Gasteiger partial charge in [0.1, 0.15) is 0 Å². The van der Waals surface area contributed by atoms with Gasteiger partial charge in [0.2, 0.25) is 0 Å². The fraction of sp³-hybridized carbons (Fsp3) is 0.0476. The Bertz CT molecular complexity index is 907. The molecule has 3 nitrogen and oxygen atoms in total. The van der Waals surface area contributed by atoms with Gasteiger partial charge in [0.25, 0.3) is 0 Å². The molecule has 0 aromatic heterocycles. The lowest BCUT2D eigenvalue weighted by Gasteiger charge is -2.04. The van der Waals surface area contributed by atoms with E-state index in [0.717, 1.165) is 10.5 Å². The molecule has 3 aromatic carbocycles. The maximum atomic E-state index is 12.0. The molecular weight excluding hydrogens is 366 g/mol. The fourth-order valence-corrected chi connectivity index (χ4v) is 3.15. The molecule has 0 aliphatic carbocycles. The molecule has 3 rings (SSSR count). The lowest BCUT2D eigenvalue weighted by molar-refractivity contribution is 0.0516. The largest absolute Gasteiger partial charge is 0.365 e. The molecule has 0 radical (unpaired) electrons. The van der Waals surface area contributed by atoms with E-state index in [0.29, 0.717) is 16.3 Å². The van der Waals surface area contributed by atoms with Gasteiger partial charge < -0.3 is 4.84 Å². The molecule has 26 heavy (non-hydrogen) atoms. The Morgan fingerprint density at radius 3 is 2.08 bits per heavy atom. The van der Waals surface area contributed by atoms with E-state index in [1.807, 2.05) is 42.5 Å². The SMILES string of the molecule is C/C(=N/OC(=O)c1ccc(Cl)cc1)c1ccc(Sc2ccccc2)cc1. The maximum Gasteiger partial charge on any atom is 0.365 e. The van der Waals surface area contributed by atoms with Crippen LogP contribution in [0.3, 0.4) is 0 Å². The Morgan fingerprint density at radius 2 is 1.42 bits per heavy atom. The lowest BCUT2D eigenvalue weighted by atomic mass is 10.1. The second-order valence-corrected chi connectivity index (χ2v) is 7.09. The Kier molecular flexibility index (Phi) is 6.10. The van der Waals surface area contributed by atoms with Gasteiger partial charge in [-0.15, -0.1) is 0 Å². The molecule has 0 bridgehead atoms. The second-order valence-electron chi connectivity index (χ2n) is 5.50. The number of benzene rings is 3. The van der Waals surface area contributed by atoms with E-state index in [2.05, 4.69) is 17.3 Å². The average molecular weight is 382 g/mol. The summed E-state index contributed by atoms with van der Waals surface area (Å²) in [5.74, 6) is -0.516. The van der Waals surface area contributed by atoms with Crippen LogP contribution < -0.4 is 0 Å². The van der Waals surface area contributed by atoms with Gasteiger partial charge in [-0.1, -0.05) is 58.9 Å². The van der Waals surface area contributed by atoms with E-state index in [1.165, 1.54) is 4.90 Å². The summed E-state index contributed by atoms with van der Waals surface area (Å²) in [6.45, 7) is 1.80. The summed E-state index contributed by atoms with van der Waals surface area (Å²) in [4.78, 5) is 19.3. The average Bonchev–Trinajstić information content (AvgIpc) is 2.68. The second kappa shape index (κ2) is 8.70. The molecule has 0 atom stereocenters. The highest BCUT2D eigenvalue weighted by Gasteiger charge is 2.07. The van der Waals surface area contributed by atoms with E-state index in [-0.39, 0.29) is 0 Å².